The van der Waals surface area contributed by atoms with Crippen LogP contribution >= 0.6 is 22.6 Å². The van der Waals surface area contributed by atoms with Crippen molar-refractivity contribution < 1.29 is 0 Å². The highest BCUT2D eigenvalue weighted by atomic mass is 127. The Morgan fingerprint density at radius 2 is 2.18 bits per heavy atom. The van der Waals surface area contributed by atoms with E-state index in [9.17, 15) is 0 Å². The summed E-state index contributed by atoms with van der Waals surface area (Å²) in [4.78, 5) is 0. The van der Waals surface area contributed by atoms with Gasteiger partial charge in [0, 0.05) is 4.43 Å². The van der Waals surface area contributed by atoms with E-state index in [1.807, 2.05) is 0 Å². The summed E-state index contributed by atoms with van der Waals surface area (Å²) in [5.41, 5.74) is 5.68. The van der Waals surface area contributed by atoms with Crippen LogP contribution in [-0.2, 0) is 0 Å². The van der Waals surface area contributed by atoms with Crippen LogP contribution in [0.4, 0.5) is 0 Å². The van der Waals surface area contributed by atoms with Crippen molar-refractivity contribution >= 4 is 22.6 Å². The molecule has 1 nitrogen and oxygen atoms in total. The van der Waals surface area contributed by atoms with Gasteiger partial charge in [-0.15, -0.1) is 0 Å². The van der Waals surface area contributed by atoms with E-state index in [1.165, 1.54) is 23.7 Å². The predicted molar refractivity (Wildman–Crippen MR) is 57.9 cm³/mol. The fraction of sp³-hybridized carbons (Fsp3) is 1.00. The van der Waals surface area contributed by atoms with Gasteiger partial charge in [0.25, 0.3) is 0 Å². The third-order valence-corrected chi connectivity index (χ3v) is 4.23. The maximum atomic E-state index is 5.68. The summed E-state index contributed by atoms with van der Waals surface area (Å²) in [7, 11) is 0. The Balaban J connectivity index is 2.19. The highest BCUT2D eigenvalue weighted by molar-refractivity contribution is 14.1. The predicted octanol–water partition coefficient (Wildman–Crippen LogP) is 2.43. The first-order valence-electron chi connectivity index (χ1n) is 4.57. The molecule has 0 spiro atoms. The van der Waals surface area contributed by atoms with Gasteiger partial charge >= 0.3 is 0 Å². The van der Waals surface area contributed by atoms with Gasteiger partial charge in [-0.1, -0.05) is 35.9 Å². The maximum absolute atomic E-state index is 5.68. The first-order chi connectivity index (χ1) is 5.31. The van der Waals surface area contributed by atoms with Crippen LogP contribution in [0.5, 0.6) is 0 Å². The average molecular weight is 267 g/mol. The van der Waals surface area contributed by atoms with Crippen LogP contribution < -0.4 is 5.73 Å². The van der Waals surface area contributed by atoms with Crippen molar-refractivity contribution in [1.82, 2.24) is 0 Å². The van der Waals surface area contributed by atoms with Gasteiger partial charge in [-0.2, -0.15) is 0 Å². The second-order valence-corrected chi connectivity index (χ2v) is 4.54. The Bertz CT molecular complexity index is 106. The lowest BCUT2D eigenvalue weighted by Gasteiger charge is -2.39. The number of alkyl halides is 1. The number of hydrogen-bond acceptors (Lipinski definition) is 1. The SMILES string of the molecule is CCC(CN)[C@H]1C[C@@H](CI)C1. The molecule has 2 N–H and O–H groups in total. The summed E-state index contributed by atoms with van der Waals surface area (Å²) >= 11 is 2.49. The second-order valence-electron chi connectivity index (χ2n) is 3.66. The summed E-state index contributed by atoms with van der Waals surface area (Å²) < 4.78 is 1.34. The van der Waals surface area contributed by atoms with Crippen molar-refractivity contribution in [3.8, 4) is 0 Å². The molecule has 0 heterocycles. The number of hydrogen-bond donors (Lipinski definition) is 1. The molecule has 0 bridgehead atoms. The van der Waals surface area contributed by atoms with Crippen molar-refractivity contribution in [2.45, 2.75) is 26.2 Å². The van der Waals surface area contributed by atoms with E-state index in [1.54, 1.807) is 0 Å². The van der Waals surface area contributed by atoms with Gasteiger partial charge < -0.3 is 5.73 Å². The quantitative estimate of drug-likeness (QED) is 0.614. The molecule has 1 atom stereocenters. The molecule has 0 radical (unpaired) electrons. The lowest BCUT2D eigenvalue weighted by molar-refractivity contribution is 0.142. The third kappa shape index (κ3) is 2.31. The van der Waals surface area contributed by atoms with Crippen molar-refractivity contribution in [1.29, 1.82) is 0 Å². The zero-order valence-corrected chi connectivity index (χ0v) is 9.38. The lowest BCUT2D eigenvalue weighted by atomic mass is 9.69. The summed E-state index contributed by atoms with van der Waals surface area (Å²) in [6.07, 6.45) is 4.16. The topological polar surface area (TPSA) is 26.0 Å². The van der Waals surface area contributed by atoms with Crippen LogP contribution in [0.1, 0.15) is 26.2 Å². The largest absolute Gasteiger partial charge is 0.330 e. The molecule has 66 valence electrons. The molecule has 0 aromatic carbocycles. The van der Waals surface area contributed by atoms with Crippen LogP contribution in [0.3, 0.4) is 0 Å². The van der Waals surface area contributed by atoms with Crippen LogP contribution in [0.25, 0.3) is 0 Å². The number of nitrogens with two attached hydrogens (primary N) is 1. The lowest BCUT2D eigenvalue weighted by Crippen LogP contribution is -2.34. The molecule has 1 aliphatic rings. The molecular weight excluding hydrogens is 249 g/mol. The van der Waals surface area contributed by atoms with Gasteiger partial charge in [-0.05, 0) is 37.1 Å². The number of rotatable bonds is 4. The van der Waals surface area contributed by atoms with E-state index in [-0.39, 0.29) is 0 Å². The zero-order valence-electron chi connectivity index (χ0n) is 7.22. The second kappa shape index (κ2) is 4.65. The maximum Gasteiger partial charge on any atom is 0.00239 e. The van der Waals surface area contributed by atoms with E-state index >= 15 is 0 Å². The fourth-order valence-electron chi connectivity index (χ4n) is 1.99. The van der Waals surface area contributed by atoms with Crippen LogP contribution in [-0.4, -0.2) is 11.0 Å². The molecule has 1 fully saturated rings. The Kier molecular flexibility index (Phi) is 4.13. The summed E-state index contributed by atoms with van der Waals surface area (Å²) in [6, 6.07) is 0. The van der Waals surface area contributed by atoms with Gasteiger partial charge in [0.1, 0.15) is 0 Å². The zero-order chi connectivity index (χ0) is 8.27. The highest BCUT2D eigenvalue weighted by Crippen LogP contribution is 2.40. The molecule has 11 heavy (non-hydrogen) atoms. The molecule has 0 aromatic heterocycles. The molecule has 1 rings (SSSR count). The molecule has 2 heteroatoms. The molecule has 1 saturated carbocycles. The average Bonchev–Trinajstić information content (AvgIpc) is 1.95. The molecule has 0 aliphatic heterocycles. The Labute approximate surface area is 83.3 Å². The molecule has 0 amide bonds. The first kappa shape index (κ1) is 9.78. The minimum absolute atomic E-state index is 0.814. The van der Waals surface area contributed by atoms with Crippen molar-refractivity contribution in [3.63, 3.8) is 0 Å². The van der Waals surface area contributed by atoms with E-state index in [0.29, 0.717) is 0 Å². The molecule has 0 saturated heterocycles. The van der Waals surface area contributed by atoms with Gasteiger partial charge in [0.2, 0.25) is 0 Å². The Morgan fingerprint density at radius 1 is 1.55 bits per heavy atom. The van der Waals surface area contributed by atoms with Crippen LogP contribution in [0.2, 0.25) is 0 Å². The summed E-state index contributed by atoms with van der Waals surface area (Å²) in [6.45, 7) is 3.16. The van der Waals surface area contributed by atoms with Crippen LogP contribution in [0.15, 0.2) is 0 Å². The van der Waals surface area contributed by atoms with E-state index < -0.39 is 0 Å². The molecule has 1 unspecified atom stereocenters. The van der Waals surface area contributed by atoms with Gasteiger partial charge in [0.05, 0.1) is 0 Å². The van der Waals surface area contributed by atoms with Gasteiger partial charge in [0.15, 0.2) is 0 Å². The van der Waals surface area contributed by atoms with E-state index in [2.05, 4.69) is 29.5 Å². The molecule has 1 aliphatic carbocycles. The third-order valence-electron chi connectivity index (χ3n) is 2.98. The minimum Gasteiger partial charge on any atom is -0.330 e. The highest BCUT2D eigenvalue weighted by Gasteiger charge is 2.32. The van der Waals surface area contributed by atoms with E-state index in [4.69, 9.17) is 5.73 Å². The van der Waals surface area contributed by atoms with Gasteiger partial charge in [-0.25, -0.2) is 0 Å². The fourth-order valence-corrected chi connectivity index (χ4v) is 2.71. The van der Waals surface area contributed by atoms with E-state index in [0.717, 1.165) is 24.3 Å². The normalized spacial score (nSPS) is 33.0. The van der Waals surface area contributed by atoms with Crippen molar-refractivity contribution in [3.05, 3.63) is 0 Å². The monoisotopic (exact) mass is 267 g/mol. The molecular formula is C9H18IN. The van der Waals surface area contributed by atoms with Gasteiger partial charge in [-0.3, -0.25) is 0 Å². The van der Waals surface area contributed by atoms with Crippen molar-refractivity contribution in [2.24, 2.45) is 23.5 Å². The minimum atomic E-state index is 0.814. The summed E-state index contributed by atoms with van der Waals surface area (Å²) in [5.74, 6) is 2.79. The summed E-state index contributed by atoms with van der Waals surface area (Å²) in [5, 5.41) is 0. The Hall–Kier alpha value is 0.690. The standard InChI is InChI=1S/C9H18IN/c1-2-8(6-11)9-3-7(4-9)5-10/h7-9H,2-6,11H2,1H3/t7-,8?,9+. The molecule has 0 aromatic rings. The van der Waals surface area contributed by atoms with Crippen molar-refractivity contribution in [2.75, 3.05) is 11.0 Å². The smallest absolute Gasteiger partial charge is 0.00239 e. The van der Waals surface area contributed by atoms with Crippen LogP contribution in [0, 0.1) is 17.8 Å². The Morgan fingerprint density at radius 3 is 2.55 bits per heavy atom. The first-order valence-corrected chi connectivity index (χ1v) is 6.10. The number of halogens is 1.